The van der Waals surface area contributed by atoms with Crippen molar-refractivity contribution in [3.63, 3.8) is 0 Å². The number of imidazole rings is 1. The van der Waals surface area contributed by atoms with E-state index < -0.39 is 9.84 Å². The molecular formula is C19H17BrN2O2S. The van der Waals surface area contributed by atoms with Crippen molar-refractivity contribution in [2.45, 2.75) is 36.9 Å². The molecule has 0 saturated heterocycles. The van der Waals surface area contributed by atoms with Crippen LogP contribution in [0.15, 0.2) is 57.1 Å². The predicted molar refractivity (Wildman–Crippen MR) is 100 cm³/mol. The predicted octanol–water partition coefficient (Wildman–Crippen LogP) is 4.32. The molecule has 4 nitrogen and oxygen atoms in total. The molecule has 0 atom stereocenters. The average molecular weight is 417 g/mol. The first-order valence-electron chi connectivity index (χ1n) is 8.06. The lowest BCUT2D eigenvalue weighted by atomic mass is 9.94. The molecular weight excluding hydrogens is 400 g/mol. The minimum absolute atomic E-state index is 0.101. The molecule has 4 rings (SSSR count). The summed E-state index contributed by atoms with van der Waals surface area (Å²) in [5.74, 6) is 0. The smallest absolute Gasteiger partial charge is 0.240 e. The second kappa shape index (κ2) is 5.81. The Labute approximate surface area is 155 Å². The van der Waals surface area contributed by atoms with Crippen LogP contribution in [0.1, 0.15) is 16.7 Å². The number of hydrogen-bond acceptors (Lipinski definition) is 3. The van der Waals surface area contributed by atoms with Crippen LogP contribution in [0.25, 0.3) is 11.3 Å². The van der Waals surface area contributed by atoms with Gasteiger partial charge in [-0.2, -0.15) is 0 Å². The van der Waals surface area contributed by atoms with Crippen LogP contribution in [-0.4, -0.2) is 18.0 Å². The van der Waals surface area contributed by atoms with Gasteiger partial charge in [-0.05, 0) is 71.1 Å². The number of aromatic nitrogens is 2. The van der Waals surface area contributed by atoms with Crippen molar-refractivity contribution >= 4 is 25.8 Å². The van der Waals surface area contributed by atoms with E-state index in [1.165, 1.54) is 16.7 Å². The molecule has 3 aromatic rings. The normalized spacial score (nSPS) is 13.4. The molecule has 0 saturated carbocycles. The van der Waals surface area contributed by atoms with Crippen LogP contribution in [0.5, 0.6) is 0 Å². The highest BCUT2D eigenvalue weighted by molar-refractivity contribution is 9.10. The molecule has 1 aliphatic rings. The largest absolute Gasteiger partial charge is 0.313 e. The van der Waals surface area contributed by atoms with Crippen molar-refractivity contribution in [3.8, 4) is 11.3 Å². The first-order chi connectivity index (χ1) is 11.9. The van der Waals surface area contributed by atoms with Crippen LogP contribution >= 0.6 is 15.9 Å². The fourth-order valence-electron chi connectivity index (χ4n) is 3.31. The molecule has 2 heterocycles. The third kappa shape index (κ3) is 2.55. The Morgan fingerprint density at radius 1 is 1.08 bits per heavy atom. The minimum Gasteiger partial charge on any atom is -0.313 e. The summed E-state index contributed by atoms with van der Waals surface area (Å²) in [6.45, 7) is 4.77. The maximum atomic E-state index is 13.0. The minimum atomic E-state index is -3.66. The van der Waals surface area contributed by atoms with Gasteiger partial charge in [-0.25, -0.2) is 13.4 Å². The average Bonchev–Trinajstić information content (AvgIpc) is 2.95. The number of halogens is 1. The van der Waals surface area contributed by atoms with E-state index in [4.69, 9.17) is 0 Å². The quantitative estimate of drug-likeness (QED) is 0.624. The first kappa shape index (κ1) is 16.5. The van der Waals surface area contributed by atoms with E-state index >= 15 is 0 Å². The lowest BCUT2D eigenvalue weighted by Gasteiger charge is -2.22. The molecule has 0 radical (unpaired) electrons. The van der Waals surface area contributed by atoms with Gasteiger partial charge < -0.3 is 4.57 Å². The Bertz CT molecular complexity index is 1090. The lowest BCUT2D eigenvalue weighted by molar-refractivity contribution is 0.558. The van der Waals surface area contributed by atoms with Crippen molar-refractivity contribution in [1.82, 2.24) is 9.55 Å². The van der Waals surface area contributed by atoms with Gasteiger partial charge in [0.15, 0.2) is 0 Å². The molecule has 0 unspecified atom stereocenters. The van der Waals surface area contributed by atoms with E-state index in [1.54, 1.807) is 30.3 Å². The number of aryl methyl sites for hydroxylation is 3. The molecule has 128 valence electrons. The lowest BCUT2D eigenvalue weighted by Crippen LogP contribution is -2.17. The summed E-state index contributed by atoms with van der Waals surface area (Å²) >= 11 is 3.48. The van der Waals surface area contributed by atoms with E-state index in [-0.39, 0.29) is 10.1 Å². The molecule has 0 bridgehead atoms. The molecule has 0 spiro atoms. The second-order valence-corrected chi connectivity index (χ2v) is 8.94. The third-order valence-electron chi connectivity index (χ3n) is 4.76. The van der Waals surface area contributed by atoms with Crippen molar-refractivity contribution in [2.24, 2.45) is 0 Å². The van der Waals surface area contributed by atoms with Gasteiger partial charge in [0.2, 0.25) is 15.0 Å². The summed E-state index contributed by atoms with van der Waals surface area (Å²) < 4.78 is 28.5. The molecule has 6 heteroatoms. The SMILES string of the molecule is Cc1cc2c(cc1C)-c1c(Br)nc(S(=O)(=O)c3ccccc3)n1CC2. The van der Waals surface area contributed by atoms with E-state index in [0.29, 0.717) is 11.1 Å². The van der Waals surface area contributed by atoms with Gasteiger partial charge in [-0.1, -0.05) is 24.3 Å². The first-order valence-corrected chi connectivity index (χ1v) is 10.3. The molecule has 0 N–H and O–H groups in total. The highest BCUT2D eigenvalue weighted by atomic mass is 79.9. The number of nitrogens with zero attached hydrogens (tertiary/aromatic N) is 2. The van der Waals surface area contributed by atoms with E-state index in [1.807, 2.05) is 4.57 Å². The number of benzene rings is 2. The van der Waals surface area contributed by atoms with Gasteiger partial charge in [0, 0.05) is 12.1 Å². The number of rotatable bonds is 2. The van der Waals surface area contributed by atoms with Crippen molar-refractivity contribution in [3.05, 3.63) is 63.8 Å². The molecule has 25 heavy (non-hydrogen) atoms. The Morgan fingerprint density at radius 3 is 2.48 bits per heavy atom. The summed E-state index contributed by atoms with van der Waals surface area (Å²) in [4.78, 5) is 4.65. The van der Waals surface area contributed by atoms with Crippen LogP contribution < -0.4 is 0 Å². The standard InChI is InChI=1S/C19H17BrN2O2S/c1-12-10-14-8-9-22-17(16(14)11-13(12)2)18(20)21-19(22)25(23,24)15-6-4-3-5-7-15/h3-7,10-11H,8-9H2,1-2H3. The highest BCUT2D eigenvalue weighted by Crippen LogP contribution is 2.39. The Kier molecular flexibility index (Phi) is 3.85. The maximum absolute atomic E-state index is 13.0. The molecule has 0 aliphatic carbocycles. The summed E-state index contributed by atoms with van der Waals surface area (Å²) in [5, 5.41) is 0.101. The number of fused-ring (bicyclic) bond motifs is 3. The Balaban J connectivity index is 1.95. The molecule has 0 amide bonds. The number of hydrogen-bond donors (Lipinski definition) is 0. The monoisotopic (exact) mass is 416 g/mol. The van der Waals surface area contributed by atoms with Gasteiger partial charge >= 0.3 is 0 Å². The van der Waals surface area contributed by atoms with Crippen molar-refractivity contribution in [2.75, 3.05) is 0 Å². The molecule has 0 fully saturated rings. The Morgan fingerprint density at radius 2 is 1.76 bits per heavy atom. The van der Waals surface area contributed by atoms with Gasteiger partial charge in [0.25, 0.3) is 0 Å². The van der Waals surface area contributed by atoms with Gasteiger partial charge in [-0.15, -0.1) is 0 Å². The van der Waals surface area contributed by atoms with Crippen LogP contribution in [0.2, 0.25) is 0 Å². The van der Waals surface area contributed by atoms with Gasteiger partial charge in [0.1, 0.15) is 4.60 Å². The van der Waals surface area contributed by atoms with Gasteiger partial charge in [0.05, 0.1) is 10.6 Å². The van der Waals surface area contributed by atoms with Gasteiger partial charge in [-0.3, -0.25) is 0 Å². The Hall–Kier alpha value is -1.92. The van der Waals surface area contributed by atoms with E-state index in [2.05, 4.69) is 46.9 Å². The topological polar surface area (TPSA) is 52.0 Å². The number of sulfone groups is 1. The van der Waals surface area contributed by atoms with Crippen LogP contribution in [0.4, 0.5) is 0 Å². The highest BCUT2D eigenvalue weighted by Gasteiger charge is 2.31. The summed E-state index contributed by atoms with van der Waals surface area (Å²) in [7, 11) is -3.66. The summed E-state index contributed by atoms with van der Waals surface area (Å²) in [5.41, 5.74) is 5.58. The maximum Gasteiger partial charge on any atom is 0.240 e. The zero-order valence-corrected chi connectivity index (χ0v) is 16.4. The fourth-order valence-corrected chi connectivity index (χ4v) is 5.44. The second-order valence-electron chi connectivity index (χ2n) is 6.35. The zero-order chi connectivity index (χ0) is 17.8. The fraction of sp³-hybridized carbons (Fsp3) is 0.211. The van der Waals surface area contributed by atoms with Crippen LogP contribution in [0, 0.1) is 13.8 Å². The van der Waals surface area contributed by atoms with Crippen LogP contribution in [-0.2, 0) is 22.8 Å². The van der Waals surface area contributed by atoms with Crippen molar-refractivity contribution < 1.29 is 8.42 Å². The van der Waals surface area contributed by atoms with Crippen LogP contribution in [0.3, 0.4) is 0 Å². The van der Waals surface area contributed by atoms with E-state index in [0.717, 1.165) is 17.7 Å². The summed E-state index contributed by atoms with van der Waals surface area (Å²) in [6.07, 6.45) is 0.795. The molecule has 1 aliphatic heterocycles. The summed E-state index contributed by atoms with van der Waals surface area (Å²) in [6, 6.07) is 12.8. The van der Waals surface area contributed by atoms with Crippen molar-refractivity contribution in [1.29, 1.82) is 0 Å². The zero-order valence-electron chi connectivity index (χ0n) is 14.0. The van der Waals surface area contributed by atoms with E-state index in [9.17, 15) is 8.42 Å². The molecule has 2 aromatic carbocycles. The molecule has 1 aromatic heterocycles. The third-order valence-corrected chi connectivity index (χ3v) is 7.00.